The van der Waals surface area contributed by atoms with E-state index in [-0.39, 0.29) is 12.4 Å². The van der Waals surface area contributed by atoms with Crippen molar-refractivity contribution in [1.29, 1.82) is 0 Å². The summed E-state index contributed by atoms with van der Waals surface area (Å²) >= 11 is 9.29. The number of ether oxygens (including phenoxy) is 2. The minimum Gasteiger partial charge on any atom is -0.496 e. The Balaban J connectivity index is 0.00000484. The van der Waals surface area contributed by atoms with Gasteiger partial charge in [-0.05, 0) is 25.1 Å². The fourth-order valence-corrected chi connectivity index (χ4v) is 2.76. The highest BCUT2D eigenvalue weighted by Crippen LogP contribution is 2.24. The largest absolute Gasteiger partial charge is 0.496 e. The van der Waals surface area contributed by atoms with Crippen molar-refractivity contribution in [3.05, 3.63) is 23.8 Å². The standard InChI is InChI=1S/C15H22BrClN2O3.ClH/c1-3-22-15(20)18-13-4-5-14(21-2)12(10-13)11-19(8-6-16)9-7-17;/h4-5,10H,3,6-9,11H2,1-2H3,(H,18,20);1H. The van der Waals surface area contributed by atoms with Crippen LogP contribution in [-0.4, -0.2) is 49.0 Å². The third-order valence-electron chi connectivity index (χ3n) is 3.00. The van der Waals surface area contributed by atoms with Crippen LogP contribution in [0.5, 0.6) is 5.75 Å². The van der Waals surface area contributed by atoms with Crippen molar-refractivity contribution in [3.63, 3.8) is 0 Å². The summed E-state index contributed by atoms with van der Waals surface area (Å²) < 4.78 is 10.3. The molecule has 0 saturated carbocycles. The van der Waals surface area contributed by atoms with Gasteiger partial charge in [0.1, 0.15) is 5.75 Å². The lowest BCUT2D eigenvalue weighted by atomic mass is 10.1. The predicted molar refractivity (Wildman–Crippen MR) is 101 cm³/mol. The van der Waals surface area contributed by atoms with Crippen LogP contribution in [0.15, 0.2) is 18.2 Å². The maximum Gasteiger partial charge on any atom is 0.411 e. The number of hydrogen-bond donors (Lipinski definition) is 1. The Labute approximate surface area is 157 Å². The molecule has 0 aliphatic carbocycles. The normalized spacial score (nSPS) is 10.1. The summed E-state index contributed by atoms with van der Waals surface area (Å²) in [6, 6.07) is 5.52. The second kappa shape index (κ2) is 12.7. The minimum absolute atomic E-state index is 0. The maximum atomic E-state index is 11.5. The summed E-state index contributed by atoms with van der Waals surface area (Å²) in [6.07, 6.45) is -0.461. The van der Waals surface area contributed by atoms with Crippen molar-refractivity contribution in [1.82, 2.24) is 4.90 Å². The van der Waals surface area contributed by atoms with Gasteiger partial charge in [0.15, 0.2) is 0 Å². The maximum absolute atomic E-state index is 11.5. The lowest BCUT2D eigenvalue weighted by Gasteiger charge is -2.22. The molecule has 1 aromatic carbocycles. The van der Waals surface area contributed by atoms with E-state index in [9.17, 15) is 4.79 Å². The molecule has 5 nitrogen and oxygen atoms in total. The van der Waals surface area contributed by atoms with Gasteiger partial charge >= 0.3 is 6.09 Å². The van der Waals surface area contributed by atoms with Crippen LogP contribution in [-0.2, 0) is 11.3 Å². The number of amides is 1. The molecule has 1 N–H and O–H groups in total. The van der Waals surface area contributed by atoms with Gasteiger partial charge in [-0.25, -0.2) is 4.79 Å². The lowest BCUT2D eigenvalue weighted by molar-refractivity contribution is 0.168. The molecule has 0 spiro atoms. The molecule has 0 aromatic heterocycles. The quantitative estimate of drug-likeness (QED) is 0.599. The van der Waals surface area contributed by atoms with E-state index in [2.05, 4.69) is 26.1 Å². The van der Waals surface area contributed by atoms with Crippen LogP contribution < -0.4 is 10.1 Å². The monoisotopic (exact) mass is 428 g/mol. The summed E-state index contributed by atoms with van der Waals surface area (Å²) in [5.41, 5.74) is 1.67. The van der Waals surface area contributed by atoms with Gasteiger partial charge in [-0.1, -0.05) is 15.9 Å². The molecule has 0 radical (unpaired) electrons. The van der Waals surface area contributed by atoms with Crippen molar-refractivity contribution in [2.75, 3.05) is 43.3 Å². The van der Waals surface area contributed by atoms with Crippen molar-refractivity contribution < 1.29 is 14.3 Å². The third kappa shape index (κ3) is 8.11. The molecule has 0 saturated heterocycles. The number of carbonyl (C=O) groups is 1. The van der Waals surface area contributed by atoms with E-state index in [0.29, 0.717) is 24.7 Å². The van der Waals surface area contributed by atoms with E-state index in [1.807, 2.05) is 12.1 Å². The molecule has 1 amide bonds. The summed E-state index contributed by atoms with van der Waals surface area (Å²) in [4.78, 5) is 13.7. The van der Waals surface area contributed by atoms with Crippen LogP contribution in [0.2, 0.25) is 0 Å². The van der Waals surface area contributed by atoms with Crippen LogP contribution in [0.1, 0.15) is 12.5 Å². The van der Waals surface area contributed by atoms with Crippen molar-refractivity contribution >= 4 is 51.7 Å². The summed E-state index contributed by atoms with van der Waals surface area (Å²) in [5.74, 6) is 1.35. The predicted octanol–water partition coefficient (Wildman–Crippen LogP) is 4.12. The molecular formula is C15H23BrCl2N2O3. The van der Waals surface area contributed by atoms with Gasteiger partial charge in [0.05, 0.1) is 13.7 Å². The molecule has 1 aromatic rings. The highest BCUT2D eigenvalue weighted by Gasteiger charge is 2.11. The zero-order valence-corrected chi connectivity index (χ0v) is 16.5. The Morgan fingerprint density at radius 2 is 2.13 bits per heavy atom. The molecule has 0 bridgehead atoms. The van der Waals surface area contributed by atoms with Crippen LogP contribution in [0.4, 0.5) is 10.5 Å². The number of nitrogens with one attached hydrogen (secondary N) is 1. The molecule has 8 heteroatoms. The Morgan fingerprint density at radius 3 is 2.70 bits per heavy atom. The number of hydrogen-bond acceptors (Lipinski definition) is 4. The van der Waals surface area contributed by atoms with Gasteiger partial charge in [0.2, 0.25) is 0 Å². The first-order valence-electron chi connectivity index (χ1n) is 7.09. The van der Waals surface area contributed by atoms with Crippen LogP contribution in [0, 0.1) is 0 Å². The minimum atomic E-state index is -0.461. The van der Waals surface area contributed by atoms with Crippen molar-refractivity contribution in [2.24, 2.45) is 0 Å². The number of carbonyl (C=O) groups excluding carboxylic acids is 1. The van der Waals surface area contributed by atoms with Crippen LogP contribution >= 0.6 is 39.9 Å². The molecule has 23 heavy (non-hydrogen) atoms. The number of anilines is 1. The van der Waals surface area contributed by atoms with Gasteiger partial charge in [0, 0.05) is 42.1 Å². The number of benzene rings is 1. The highest BCUT2D eigenvalue weighted by atomic mass is 79.9. The summed E-state index contributed by atoms with van der Waals surface area (Å²) in [5, 5.41) is 3.57. The average molecular weight is 430 g/mol. The highest BCUT2D eigenvalue weighted by molar-refractivity contribution is 9.09. The number of nitrogens with zero attached hydrogens (tertiary/aromatic N) is 1. The third-order valence-corrected chi connectivity index (χ3v) is 3.52. The molecule has 132 valence electrons. The average Bonchev–Trinajstić information content (AvgIpc) is 2.48. The topological polar surface area (TPSA) is 50.8 Å². The Kier molecular flexibility index (Phi) is 12.3. The molecule has 1 rings (SSSR count). The fraction of sp³-hybridized carbons (Fsp3) is 0.533. The van der Waals surface area contributed by atoms with E-state index in [0.717, 1.165) is 29.7 Å². The number of methoxy groups -OCH3 is 1. The van der Waals surface area contributed by atoms with Crippen molar-refractivity contribution in [3.8, 4) is 5.75 Å². The van der Waals surface area contributed by atoms with Crippen molar-refractivity contribution in [2.45, 2.75) is 13.5 Å². The molecule has 0 atom stereocenters. The van der Waals surface area contributed by atoms with Gasteiger partial charge in [0.25, 0.3) is 0 Å². The van der Waals surface area contributed by atoms with E-state index >= 15 is 0 Å². The van der Waals surface area contributed by atoms with Gasteiger partial charge in [-0.2, -0.15) is 0 Å². The fourth-order valence-electron chi connectivity index (χ4n) is 2.01. The molecule has 0 fully saturated rings. The SMILES string of the molecule is CCOC(=O)Nc1ccc(OC)c(CN(CCCl)CCBr)c1.Cl. The van der Waals surface area contributed by atoms with E-state index < -0.39 is 6.09 Å². The van der Waals surface area contributed by atoms with Crippen LogP contribution in [0.3, 0.4) is 0 Å². The van der Waals surface area contributed by atoms with E-state index in [4.69, 9.17) is 21.1 Å². The smallest absolute Gasteiger partial charge is 0.411 e. The first-order valence-corrected chi connectivity index (χ1v) is 8.75. The Bertz CT molecular complexity index is 472. The Hall–Kier alpha value is -0.690. The molecule has 0 heterocycles. The number of rotatable bonds is 9. The molecular weight excluding hydrogens is 407 g/mol. The molecule has 0 aliphatic heterocycles. The van der Waals surface area contributed by atoms with Crippen LogP contribution in [0.25, 0.3) is 0 Å². The Morgan fingerprint density at radius 1 is 1.39 bits per heavy atom. The summed E-state index contributed by atoms with van der Waals surface area (Å²) in [7, 11) is 1.63. The van der Waals surface area contributed by atoms with E-state index in [1.165, 1.54) is 0 Å². The first kappa shape index (κ1) is 22.3. The van der Waals surface area contributed by atoms with Gasteiger partial charge in [-0.3, -0.25) is 10.2 Å². The number of halogens is 3. The van der Waals surface area contributed by atoms with E-state index in [1.54, 1.807) is 20.1 Å². The second-order valence-corrected chi connectivity index (χ2v) is 5.70. The summed E-state index contributed by atoms with van der Waals surface area (Å²) in [6.45, 7) is 4.46. The molecule has 0 unspecified atom stereocenters. The number of alkyl halides is 2. The zero-order chi connectivity index (χ0) is 16.4. The van der Waals surface area contributed by atoms with Gasteiger partial charge < -0.3 is 9.47 Å². The van der Waals surface area contributed by atoms with Gasteiger partial charge in [-0.15, -0.1) is 24.0 Å². The molecule has 0 aliphatic rings. The zero-order valence-electron chi connectivity index (χ0n) is 13.3. The first-order chi connectivity index (χ1) is 10.6. The lowest BCUT2D eigenvalue weighted by Crippen LogP contribution is -2.27. The second-order valence-electron chi connectivity index (χ2n) is 4.53.